The third-order valence-electron chi connectivity index (χ3n) is 1.91. The molecule has 0 unspecified atom stereocenters. The first-order valence-electron chi connectivity index (χ1n) is 4.51. The second-order valence-electron chi connectivity index (χ2n) is 3.07. The largest absolute Gasteiger partial charge is 0.455 e. The highest BCUT2D eigenvalue weighted by Crippen LogP contribution is 2.04. The van der Waals surface area contributed by atoms with Crippen LogP contribution in [0.15, 0.2) is 18.6 Å². The first-order valence-corrected chi connectivity index (χ1v) is 4.51. The fourth-order valence-corrected chi connectivity index (χ4v) is 1.08. The Morgan fingerprint density at radius 3 is 2.93 bits per heavy atom. The number of rotatable bonds is 3. The third-order valence-corrected chi connectivity index (χ3v) is 1.91. The van der Waals surface area contributed by atoms with E-state index in [4.69, 9.17) is 4.74 Å². The second kappa shape index (κ2) is 4.04. The molecule has 0 amide bonds. The molecule has 0 bridgehead atoms. The van der Waals surface area contributed by atoms with Crippen LogP contribution in [0.1, 0.15) is 11.5 Å². The van der Waals surface area contributed by atoms with Crippen molar-refractivity contribution >= 4 is 0 Å². The molecule has 0 aliphatic rings. The van der Waals surface area contributed by atoms with Crippen molar-refractivity contribution in [2.45, 2.75) is 13.5 Å². The van der Waals surface area contributed by atoms with Crippen LogP contribution in [-0.2, 0) is 13.7 Å². The number of nitrogens with zero attached hydrogens (tertiary/aromatic N) is 5. The third kappa shape index (κ3) is 2.28. The summed E-state index contributed by atoms with van der Waals surface area (Å²) in [4.78, 5) is 12.1. The van der Waals surface area contributed by atoms with Crippen LogP contribution in [-0.4, -0.2) is 24.7 Å². The zero-order valence-corrected chi connectivity index (χ0v) is 8.58. The molecule has 2 rings (SSSR count). The molecule has 0 saturated heterocycles. The van der Waals surface area contributed by atoms with Crippen LogP contribution in [0.5, 0.6) is 6.01 Å². The first-order chi connectivity index (χ1) is 7.25. The summed E-state index contributed by atoms with van der Waals surface area (Å²) in [6.07, 6.45) is 3.14. The van der Waals surface area contributed by atoms with Gasteiger partial charge in [-0.3, -0.25) is 4.68 Å². The minimum Gasteiger partial charge on any atom is -0.455 e. The van der Waals surface area contributed by atoms with E-state index < -0.39 is 0 Å². The van der Waals surface area contributed by atoms with Gasteiger partial charge in [-0.05, 0) is 13.0 Å². The summed E-state index contributed by atoms with van der Waals surface area (Å²) in [5.74, 6) is 0.736. The number of aromatic nitrogens is 5. The minimum atomic E-state index is 0.319. The average Bonchev–Trinajstić information content (AvgIpc) is 2.61. The maximum absolute atomic E-state index is 5.37. The Morgan fingerprint density at radius 2 is 2.27 bits per heavy atom. The van der Waals surface area contributed by atoms with Gasteiger partial charge in [-0.25, -0.2) is 15.0 Å². The minimum absolute atomic E-state index is 0.319. The average molecular weight is 205 g/mol. The molecule has 2 aromatic rings. The van der Waals surface area contributed by atoms with E-state index in [1.165, 1.54) is 6.33 Å². The van der Waals surface area contributed by atoms with E-state index in [1.54, 1.807) is 10.9 Å². The molecule has 6 heteroatoms. The van der Waals surface area contributed by atoms with Crippen molar-refractivity contribution in [2.24, 2.45) is 7.05 Å². The van der Waals surface area contributed by atoms with Crippen molar-refractivity contribution in [1.29, 1.82) is 0 Å². The fourth-order valence-electron chi connectivity index (χ4n) is 1.08. The second-order valence-corrected chi connectivity index (χ2v) is 3.07. The molecule has 0 aliphatic carbocycles. The maximum atomic E-state index is 5.37. The SMILES string of the molecule is Cc1ccnc(OCc2ncnn2C)n1. The molecule has 0 N–H and O–H groups in total. The summed E-state index contributed by atoms with van der Waals surface area (Å²) in [7, 11) is 1.81. The maximum Gasteiger partial charge on any atom is 0.316 e. The van der Waals surface area contributed by atoms with Gasteiger partial charge in [0, 0.05) is 18.9 Å². The van der Waals surface area contributed by atoms with Crippen LogP contribution in [0, 0.1) is 6.92 Å². The molecule has 0 aromatic carbocycles. The Morgan fingerprint density at radius 1 is 1.40 bits per heavy atom. The van der Waals surface area contributed by atoms with Gasteiger partial charge in [0.15, 0.2) is 12.4 Å². The summed E-state index contributed by atoms with van der Waals surface area (Å²) in [5, 5.41) is 3.93. The van der Waals surface area contributed by atoms with Gasteiger partial charge in [-0.1, -0.05) is 0 Å². The molecule has 15 heavy (non-hydrogen) atoms. The van der Waals surface area contributed by atoms with E-state index >= 15 is 0 Å². The Kier molecular flexibility index (Phi) is 2.57. The van der Waals surface area contributed by atoms with Crippen molar-refractivity contribution in [1.82, 2.24) is 24.7 Å². The molecule has 0 aliphatic heterocycles. The van der Waals surface area contributed by atoms with Crippen LogP contribution >= 0.6 is 0 Å². The van der Waals surface area contributed by atoms with E-state index in [0.29, 0.717) is 12.6 Å². The molecule has 2 heterocycles. The standard InChI is InChI=1S/C9H11N5O/c1-7-3-4-10-9(13-7)15-5-8-11-6-12-14(8)2/h3-4,6H,5H2,1-2H3. The van der Waals surface area contributed by atoms with Gasteiger partial charge in [0.1, 0.15) is 6.33 Å². The van der Waals surface area contributed by atoms with Crippen LogP contribution in [0.4, 0.5) is 0 Å². The highest BCUT2D eigenvalue weighted by molar-refractivity contribution is 5.03. The number of hydrogen-bond acceptors (Lipinski definition) is 5. The highest BCUT2D eigenvalue weighted by atomic mass is 16.5. The van der Waals surface area contributed by atoms with Gasteiger partial charge < -0.3 is 4.74 Å². The fraction of sp³-hybridized carbons (Fsp3) is 0.333. The smallest absolute Gasteiger partial charge is 0.316 e. The van der Waals surface area contributed by atoms with Crippen molar-refractivity contribution in [3.8, 4) is 6.01 Å². The molecular formula is C9H11N5O. The van der Waals surface area contributed by atoms with Crippen molar-refractivity contribution in [3.63, 3.8) is 0 Å². The molecule has 0 radical (unpaired) electrons. The molecular weight excluding hydrogens is 194 g/mol. The monoisotopic (exact) mass is 205 g/mol. The zero-order chi connectivity index (χ0) is 10.7. The summed E-state index contributed by atoms with van der Waals surface area (Å²) in [5.41, 5.74) is 0.873. The lowest BCUT2D eigenvalue weighted by Crippen LogP contribution is -2.06. The van der Waals surface area contributed by atoms with Crippen molar-refractivity contribution < 1.29 is 4.74 Å². The molecule has 2 aromatic heterocycles. The van der Waals surface area contributed by atoms with E-state index in [1.807, 2.05) is 20.0 Å². The van der Waals surface area contributed by atoms with Gasteiger partial charge in [0.25, 0.3) is 0 Å². The molecule has 0 atom stereocenters. The lowest BCUT2D eigenvalue weighted by molar-refractivity contribution is 0.265. The Bertz CT molecular complexity index is 453. The summed E-state index contributed by atoms with van der Waals surface area (Å²) >= 11 is 0. The number of aryl methyl sites for hydroxylation is 2. The molecule has 0 saturated carbocycles. The Labute approximate surface area is 87.0 Å². The summed E-state index contributed by atoms with van der Waals surface area (Å²) in [6.45, 7) is 2.21. The van der Waals surface area contributed by atoms with Crippen molar-refractivity contribution in [3.05, 3.63) is 30.1 Å². The summed E-state index contributed by atoms with van der Waals surface area (Å²) in [6, 6.07) is 2.17. The van der Waals surface area contributed by atoms with Crippen molar-refractivity contribution in [2.75, 3.05) is 0 Å². The zero-order valence-electron chi connectivity index (χ0n) is 8.58. The van der Waals surface area contributed by atoms with E-state index in [0.717, 1.165) is 11.5 Å². The van der Waals surface area contributed by atoms with Gasteiger partial charge >= 0.3 is 6.01 Å². The quantitative estimate of drug-likeness (QED) is 0.729. The lowest BCUT2D eigenvalue weighted by atomic mass is 10.5. The van der Waals surface area contributed by atoms with Crippen LogP contribution < -0.4 is 4.74 Å². The normalized spacial score (nSPS) is 10.3. The van der Waals surface area contributed by atoms with Gasteiger partial charge in [0.2, 0.25) is 0 Å². The molecule has 78 valence electrons. The van der Waals surface area contributed by atoms with E-state index in [9.17, 15) is 0 Å². The topological polar surface area (TPSA) is 65.7 Å². The predicted molar refractivity (Wildman–Crippen MR) is 52.1 cm³/mol. The Hall–Kier alpha value is -1.98. The predicted octanol–water partition coefficient (Wildman–Crippen LogP) is 0.493. The first kappa shape index (κ1) is 9.57. The molecule has 6 nitrogen and oxygen atoms in total. The van der Waals surface area contributed by atoms with Crippen LogP contribution in [0.3, 0.4) is 0 Å². The highest BCUT2D eigenvalue weighted by Gasteiger charge is 2.03. The number of ether oxygens (including phenoxy) is 1. The Balaban J connectivity index is 2.02. The molecule has 0 spiro atoms. The molecule has 0 fully saturated rings. The van der Waals surface area contributed by atoms with E-state index in [2.05, 4.69) is 20.1 Å². The van der Waals surface area contributed by atoms with Gasteiger partial charge in [0.05, 0.1) is 0 Å². The van der Waals surface area contributed by atoms with Gasteiger partial charge in [-0.2, -0.15) is 5.10 Å². The van der Waals surface area contributed by atoms with Crippen LogP contribution in [0.25, 0.3) is 0 Å². The lowest BCUT2D eigenvalue weighted by Gasteiger charge is -2.03. The van der Waals surface area contributed by atoms with Gasteiger partial charge in [-0.15, -0.1) is 0 Å². The van der Waals surface area contributed by atoms with E-state index in [-0.39, 0.29) is 0 Å². The van der Waals surface area contributed by atoms with Crippen LogP contribution in [0.2, 0.25) is 0 Å². The number of hydrogen-bond donors (Lipinski definition) is 0. The summed E-state index contributed by atoms with van der Waals surface area (Å²) < 4.78 is 7.02.